The van der Waals surface area contributed by atoms with Gasteiger partial charge < -0.3 is 15.0 Å². The number of rotatable bonds is 4. The van der Waals surface area contributed by atoms with E-state index in [1.807, 2.05) is 25.1 Å². The van der Waals surface area contributed by atoms with Gasteiger partial charge in [0.05, 0.1) is 11.4 Å². The van der Waals surface area contributed by atoms with E-state index in [1.54, 1.807) is 30.2 Å². The molecule has 2 amide bonds. The van der Waals surface area contributed by atoms with Crippen molar-refractivity contribution in [2.24, 2.45) is 0 Å². The molecule has 0 aliphatic carbocycles. The average molecular weight is 454 g/mol. The summed E-state index contributed by atoms with van der Waals surface area (Å²) in [5.74, 6) is 0.0384. The summed E-state index contributed by atoms with van der Waals surface area (Å²) in [4.78, 5) is 31.4. The Morgan fingerprint density at radius 3 is 2.84 bits per heavy atom. The van der Waals surface area contributed by atoms with Crippen LogP contribution in [0.3, 0.4) is 0 Å². The summed E-state index contributed by atoms with van der Waals surface area (Å²) in [6.45, 7) is 6.13. The predicted molar refractivity (Wildman–Crippen MR) is 123 cm³/mol. The van der Waals surface area contributed by atoms with Crippen LogP contribution in [0.25, 0.3) is 10.4 Å². The lowest BCUT2D eigenvalue weighted by Gasteiger charge is -2.22. The molecule has 0 unspecified atom stereocenters. The zero-order valence-electron chi connectivity index (χ0n) is 18.2. The lowest BCUT2D eigenvalue weighted by atomic mass is 10.00. The minimum atomic E-state index is -0.313. The number of ether oxygens (including phenoxy) is 1. The Bertz CT molecular complexity index is 1190. The normalized spacial score (nSPS) is 13.2. The molecule has 4 rings (SSSR count). The van der Waals surface area contributed by atoms with Crippen molar-refractivity contribution in [1.82, 2.24) is 9.88 Å². The van der Waals surface area contributed by atoms with Crippen LogP contribution in [0.4, 0.5) is 9.52 Å². The molecule has 1 N–H and O–H groups in total. The topological polar surface area (TPSA) is 71.5 Å². The number of aryl methyl sites for hydroxylation is 1. The molecule has 1 aromatic heterocycles. The maximum atomic E-state index is 14.6. The number of nitrogens with one attached hydrogen (secondary N) is 1. The first-order valence-electron chi connectivity index (χ1n) is 10.4. The summed E-state index contributed by atoms with van der Waals surface area (Å²) < 4.78 is 20.5. The van der Waals surface area contributed by atoms with Gasteiger partial charge in [0.15, 0.2) is 5.13 Å². The van der Waals surface area contributed by atoms with E-state index < -0.39 is 0 Å². The number of anilines is 1. The molecule has 0 spiro atoms. The van der Waals surface area contributed by atoms with Crippen LogP contribution in [0.15, 0.2) is 36.5 Å². The summed E-state index contributed by atoms with van der Waals surface area (Å²) in [7, 11) is 0. The minimum absolute atomic E-state index is 0.172. The van der Waals surface area contributed by atoms with Gasteiger partial charge in [0, 0.05) is 36.4 Å². The third kappa shape index (κ3) is 4.36. The van der Waals surface area contributed by atoms with Crippen molar-refractivity contribution in [3.05, 3.63) is 64.6 Å². The van der Waals surface area contributed by atoms with E-state index in [1.165, 1.54) is 18.3 Å². The first-order valence-corrected chi connectivity index (χ1v) is 11.3. The van der Waals surface area contributed by atoms with Crippen LogP contribution in [-0.2, 0) is 17.8 Å². The van der Waals surface area contributed by atoms with Gasteiger partial charge in [0.25, 0.3) is 5.91 Å². The Morgan fingerprint density at radius 1 is 1.28 bits per heavy atom. The van der Waals surface area contributed by atoms with E-state index >= 15 is 0 Å². The Kier molecular flexibility index (Phi) is 6.23. The van der Waals surface area contributed by atoms with E-state index in [4.69, 9.17) is 4.74 Å². The van der Waals surface area contributed by atoms with Crippen molar-refractivity contribution in [3.63, 3.8) is 0 Å². The summed E-state index contributed by atoms with van der Waals surface area (Å²) in [5, 5.41) is 3.22. The van der Waals surface area contributed by atoms with E-state index in [2.05, 4.69) is 10.3 Å². The number of aromatic nitrogens is 1. The van der Waals surface area contributed by atoms with E-state index in [0.717, 1.165) is 21.8 Å². The van der Waals surface area contributed by atoms with Gasteiger partial charge in [-0.05, 0) is 48.7 Å². The summed E-state index contributed by atoms with van der Waals surface area (Å²) in [6.07, 6.45) is 2.16. The molecule has 8 heteroatoms. The lowest BCUT2D eigenvalue weighted by molar-refractivity contribution is -0.114. The van der Waals surface area contributed by atoms with Crippen molar-refractivity contribution in [2.45, 2.75) is 33.7 Å². The SMILES string of the molecule is CCc1c(C(=O)N2CCOc3ccc(-c4cnc(NC(C)=O)s4)cc3C2)ccc(C)c1F. The Hall–Kier alpha value is -3.26. The van der Waals surface area contributed by atoms with E-state index in [9.17, 15) is 14.0 Å². The van der Waals surface area contributed by atoms with Crippen LogP contribution in [0.5, 0.6) is 5.75 Å². The fourth-order valence-electron chi connectivity index (χ4n) is 3.79. The molecule has 0 saturated heterocycles. The Morgan fingerprint density at radius 2 is 2.09 bits per heavy atom. The highest BCUT2D eigenvalue weighted by molar-refractivity contribution is 7.19. The van der Waals surface area contributed by atoms with Gasteiger partial charge in [0.1, 0.15) is 18.2 Å². The lowest BCUT2D eigenvalue weighted by Crippen LogP contribution is -2.33. The number of benzene rings is 2. The quantitative estimate of drug-likeness (QED) is 0.615. The van der Waals surface area contributed by atoms with E-state index in [0.29, 0.717) is 47.9 Å². The molecule has 0 saturated carbocycles. The van der Waals surface area contributed by atoms with Crippen molar-refractivity contribution < 1.29 is 18.7 Å². The van der Waals surface area contributed by atoms with Gasteiger partial charge >= 0.3 is 0 Å². The molecular weight excluding hydrogens is 429 g/mol. The van der Waals surface area contributed by atoms with E-state index in [-0.39, 0.29) is 17.6 Å². The first-order chi connectivity index (χ1) is 15.4. The zero-order chi connectivity index (χ0) is 22.8. The Balaban J connectivity index is 1.62. The zero-order valence-corrected chi connectivity index (χ0v) is 19.0. The molecule has 0 radical (unpaired) electrons. The number of thiazole rings is 1. The van der Waals surface area contributed by atoms with Crippen LogP contribution >= 0.6 is 11.3 Å². The monoisotopic (exact) mass is 453 g/mol. The summed E-state index contributed by atoms with van der Waals surface area (Å²) in [5.41, 5.74) is 3.18. The fraction of sp³-hybridized carbons (Fsp3) is 0.292. The fourth-order valence-corrected chi connectivity index (χ4v) is 4.65. The summed E-state index contributed by atoms with van der Waals surface area (Å²) in [6, 6.07) is 9.16. The maximum Gasteiger partial charge on any atom is 0.254 e. The van der Waals surface area contributed by atoms with Crippen molar-refractivity contribution in [2.75, 3.05) is 18.5 Å². The molecule has 0 fully saturated rings. The van der Waals surface area contributed by atoms with Gasteiger partial charge in [-0.2, -0.15) is 0 Å². The molecule has 1 aliphatic rings. The summed E-state index contributed by atoms with van der Waals surface area (Å²) >= 11 is 1.38. The molecular formula is C24H24FN3O3S. The smallest absolute Gasteiger partial charge is 0.254 e. The van der Waals surface area contributed by atoms with Crippen LogP contribution in [-0.4, -0.2) is 34.8 Å². The molecule has 3 aromatic rings. The van der Waals surface area contributed by atoms with Crippen molar-refractivity contribution in [3.8, 4) is 16.2 Å². The van der Waals surface area contributed by atoms with Gasteiger partial charge in [-0.25, -0.2) is 9.37 Å². The number of carbonyl (C=O) groups is 2. The highest BCUT2D eigenvalue weighted by Crippen LogP contribution is 2.34. The average Bonchev–Trinajstić information content (AvgIpc) is 3.11. The van der Waals surface area contributed by atoms with Crippen LogP contribution < -0.4 is 10.1 Å². The van der Waals surface area contributed by atoms with Crippen LogP contribution in [0, 0.1) is 12.7 Å². The first kappa shape index (κ1) is 22.0. The third-order valence-corrected chi connectivity index (χ3v) is 6.38. The standard InChI is InChI=1S/C24H24FN3O3S/c1-4-18-19(7-5-14(2)22(18)25)23(30)28-9-10-31-20-8-6-16(11-17(20)13-28)21-12-26-24(32-21)27-15(3)29/h5-8,11-12H,4,9-10,13H2,1-3H3,(H,26,27,29). The number of halogens is 1. The second-order valence-electron chi connectivity index (χ2n) is 7.68. The molecule has 0 bridgehead atoms. The van der Waals surface area contributed by atoms with Gasteiger partial charge in [-0.3, -0.25) is 9.59 Å². The van der Waals surface area contributed by atoms with Gasteiger partial charge in [-0.1, -0.05) is 24.3 Å². The number of nitrogens with zero attached hydrogens (tertiary/aromatic N) is 2. The number of carbonyl (C=O) groups excluding carboxylic acids is 2. The number of hydrogen-bond acceptors (Lipinski definition) is 5. The molecule has 166 valence electrons. The number of hydrogen-bond donors (Lipinski definition) is 1. The maximum absolute atomic E-state index is 14.6. The molecule has 1 aliphatic heterocycles. The molecule has 2 heterocycles. The number of amides is 2. The van der Waals surface area contributed by atoms with Crippen LogP contribution in [0.2, 0.25) is 0 Å². The number of fused-ring (bicyclic) bond motifs is 1. The predicted octanol–water partition coefficient (Wildman–Crippen LogP) is 4.81. The van der Waals surface area contributed by atoms with Crippen molar-refractivity contribution >= 4 is 28.3 Å². The van der Waals surface area contributed by atoms with Crippen molar-refractivity contribution in [1.29, 1.82) is 0 Å². The van der Waals surface area contributed by atoms with Gasteiger partial charge in [-0.15, -0.1) is 0 Å². The molecule has 6 nitrogen and oxygen atoms in total. The Labute approximate surface area is 190 Å². The second-order valence-corrected chi connectivity index (χ2v) is 8.72. The van der Waals surface area contributed by atoms with Gasteiger partial charge in [0.2, 0.25) is 5.91 Å². The highest BCUT2D eigenvalue weighted by Gasteiger charge is 2.25. The van der Waals surface area contributed by atoms with Crippen LogP contribution in [0.1, 0.15) is 40.9 Å². The third-order valence-electron chi connectivity index (χ3n) is 5.42. The molecule has 0 atom stereocenters. The molecule has 32 heavy (non-hydrogen) atoms. The minimum Gasteiger partial charge on any atom is -0.491 e. The molecule has 2 aromatic carbocycles. The second kappa shape index (κ2) is 9.08. The highest BCUT2D eigenvalue weighted by atomic mass is 32.1. The largest absolute Gasteiger partial charge is 0.491 e.